The lowest BCUT2D eigenvalue weighted by atomic mass is 10.0. The van der Waals surface area contributed by atoms with Gasteiger partial charge in [-0.3, -0.25) is 9.69 Å². The molecule has 150 valence electrons. The largest absolute Gasteiger partial charge is 0.346 e. The zero-order valence-electron chi connectivity index (χ0n) is 17.1. The highest BCUT2D eigenvalue weighted by Crippen LogP contribution is 2.22. The Balaban J connectivity index is 1.65. The molecule has 1 atom stereocenters. The molecule has 1 unspecified atom stereocenters. The normalized spacial score (nSPS) is 16.1. The van der Waals surface area contributed by atoms with E-state index >= 15 is 0 Å². The number of carbonyl (C=O) groups excluding carboxylic acids is 1. The predicted octanol–water partition coefficient (Wildman–Crippen LogP) is 3.07. The summed E-state index contributed by atoms with van der Waals surface area (Å²) < 4.78 is 2.21. The molecular formula is C22H31N5O. The van der Waals surface area contributed by atoms with Crippen LogP contribution in [0, 0.1) is 5.92 Å². The number of amides is 1. The van der Waals surface area contributed by atoms with E-state index in [9.17, 15) is 4.79 Å². The average Bonchev–Trinajstić information content (AvgIpc) is 2.95. The minimum absolute atomic E-state index is 0.0238. The second-order valence-corrected chi connectivity index (χ2v) is 7.87. The highest BCUT2D eigenvalue weighted by Gasteiger charge is 2.25. The second kappa shape index (κ2) is 9.64. The third-order valence-corrected chi connectivity index (χ3v) is 5.02. The SMILES string of the molecule is CC(=O)NC(CC(C)C)c1nnc2n1CCN(C/C=C/c1ccccc1)CC2. The van der Waals surface area contributed by atoms with Crippen LogP contribution in [0.2, 0.25) is 0 Å². The molecule has 2 aromatic rings. The fourth-order valence-corrected chi connectivity index (χ4v) is 3.68. The molecule has 1 aromatic carbocycles. The van der Waals surface area contributed by atoms with Crippen molar-refractivity contribution >= 4 is 12.0 Å². The second-order valence-electron chi connectivity index (χ2n) is 7.87. The minimum Gasteiger partial charge on any atom is -0.346 e. The number of hydrogen-bond acceptors (Lipinski definition) is 4. The highest BCUT2D eigenvalue weighted by atomic mass is 16.1. The van der Waals surface area contributed by atoms with E-state index in [-0.39, 0.29) is 11.9 Å². The van der Waals surface area contributed by atoms with Crippen LogP contribution >= 0.6 is 0 Å². The Morgan fingerprint density at radius 1 is 1.18 bits per heavy atom. The van der Waals surface area contributed by atoms with Gasteiger partial charge in [-0.2, -0.15) is 0 Å². The van der Waals surface area contributed by atoms with Crippen LogP contribution in [0.1, 0.15) is 50.4 Å². The summed E-state index contributed by atoms with van der Waals surface area (Å²) >= 11 is 0. The lowest BCUT2D eigenvalue weighted by Crippen LogP contribution is -2.31. The van der Waals surface area contributed by atoms with Crippen molar-refractivity contribution in [1.29, 1.82) is 0 Å². The van der Waals surface area contributed by atoms with E-state index < -0.39 is 0 Å². The Hall–Kier alpha value is -2.47. The van der Waals surface area contributed by atoms with Crippen molar-refractivity contribution < 1.29 is 4.79 Å². The van der Waals surface area contributed by atoms with Crippen molar-refractivity contribution in [2.24, 2.45) is 5.92 Å². The predicted molar refractivity (Wildman–Crippen MR) is 112 cm³/mol. The van der Waals surface area contributed by atoms with Crippen molar-refractivity contribution in [3.63, 3.8) is 0 Å². The molecule has 1 amide bonds. The van der Waals surface area contributed by atoms with Gasteiger partial charge in [-0.25, -0.2) is 0 Å². The van der Waals surface area contributed by atoms with Gasteiger partial charge in [0.25, 0.3) is 0 Å². The summed E-state index contributed by atoms with van der Waals surface area (Å²) in [7, 11) is 0. The first-order chi connectivity index (χ1) is 13.5. The lowest BCUT2D eigenvalue weighted by molar-refractivity contribution is -0.119. The van der Waals surface area contributed by atoms with Gasteiger partial charge in [0.2, 0.25) is 5.91 Å². The van der Waals surface area contributed by atoms with E-state index in [4.69, 9.17) is 0 Å². The van der Waals surface area contributed by atoms with E-state index in [0.717, 1.165) is 50.7 Å². The molecule has 0 fully saturated rings. The van der Waals surface area contributed by atoms with Gasteiger partial charge in [-0.1, -0.05) is 56.3 Å². The number of nitrogens with one attached hydrogen (secondary N) is 1. The molecule has 0 saturated carbocycles. The van der Waals surface area contributed by atoms with Crippen molar-refractivity contribution in [3.05, 3.63) is 53.6 Å². The first-order valence-electron chi connectivity index (χ1n) is 10.2. The molecule has 0 saturated heterocycles. The standard InChI is InChI=1S/C22H31N5O/c1-17(2)16-20(23-18(3)28)22-25-24-21-11-13-26(14-15-27(21)22)12-7-10-19-8-5-4-6-9-19/h4-10,17,20H,11-16H2,1-3H3,(H,23,28)/b10-7+. The Morgan fingerprint density at radius 3 is 2.68 bits per heavy atom. The topological polar surface area (TPSA) is 63.1 Å². The molecule has 0 spiro atoms. The monoisotopic (exact) mass is 381 g/mol. The lowest BCUT2D eigenvalue weighted by Gasteiger charge is -2.21. The van der Waals surface area contributed by atoms with Crippen LogP contribution in [0.4, 0.5) is 0 Å². The van der Waals surface area contributed by atoms with E-state index in [0.29, 0.717) is 5.92 Å². The first-order valence-corrected chi connectivity index (χ1v) is 10.2. The summed E-state index contributed by atoms with van der Waals surface area (Å²) in [5.41, 5.74) is 1.23. The zero-order valence-corrected chi connectivity index (χ0v) is 17.1. The number of rotatable bonds is 7. The summed E-state index contributed by atoms with van der Waals surface area (Å²) in [5, 5.41) is 11.9. The third kappa shape index (κ3) is 5.52. The maximum atomic E-state index is 11.7. The van der Waals surface area contributed by atoms with Gasteiger partial charge in [0, 0.05) is 39.5 Å². The molecule has 1 aromatic heterocycles. The Bertz CT molecular complexity index is 797. The summed E-state index contributed by atoms with van der Waals surface area (Å²) in [6, 6.07) is 10.3. The highest BCUT2D eigenvalue weighted by molar-refractivity contribution is 5.73. The Kier molecular flexibility index (Phi) is 6.98. The van der Waals surface area contributed by atoms with Crippen molar-refractivity contribution in [1.82, 2.24) is 25.0 Å². The molecule has 0 aliphatic carbocycles. The van der Waals surface area contributed by atoms with Crippen LogP contribution in [-0.2, 0) is 17.8 Å². The van der Waals surface area contributed by atoms with Gasteiger partial charge in [0.1, 0.15) is 5.82 Å². The van der Waals surface area contributed by atoms with E-state index in [2.05, 4.69) is 75.2 Å². The number of aromatic nitrogens is 3. The van der Waals surface area contributed by atoms with Crippen LogP contribution in [0.25, 0.3) is 6.08 Å². The maximum Gasteiger partial charge on any atom is 0.217 e. The molecule has 3 rings (SSSR count). The van der Waals surface area contributed by atoms with Crippen LogP contribution in [0.5, 0.6) is 0 Å². The summed E-state index contributed by atoms with van der Waals surface area (Å²) in [6.45, 7) is 9.57. The van der Waals surface area contributed by atoms with Gasteiger partial charge in [-0.15, -0.1) is 10.2 Å². The number of fused-ring (bicyclic) bond motifs is 1. The fraction of sp³-hybridized carbons (Fsp3) is 0.500. The van der Waals surface area contributed by atoms with E-state index in [1.807, 2.05) is 6.07 Å². The third-order valence-electron chi connectivity index (χ3n) is 5.02. The van der Waals surface area contributed by atoms with Crippen LogP contribution < -0.4 is 5.32 Å². The molecule has 6 nitrogen and oxygen atoms in total. The van der Waals surface area contributed by atoms with Crippen LogP contribution in [0.15, 0.2) is 36.4 Å². The van der Waals surface area contributed by atoms with E-state index in [1.165, 1.54) is 5.56 Å². The molecule has 28 heavy (non-hydrogen) atoms. The number of nitrogens with zero attached hydrogens (tertiary/aromatic N) is 4. The molecular weight excluding hydrogens is 350 g/mol. The van der Waals surface area contributed by atoms with Gasteiger partial charge < -0.3 is 9.88 Å². The molecule has 0 bridgehead atoms. The Labute approximate surface area is 167 Å². The number of hydrogen-bond donors (Lipinski definition) is 1. The van der Waals surface area contributed by atoms with Gasteiger partial charge in [-0.05, 0) is 17.9 Å². The summed E-state index contributed by atoms with van der Waals surface area (Å²) in [6.07, 6.45) is 6.13. The first kappa shape index (κ1) is 20.3. The quantitative estimate of drug-likeness (QED) is 0.801. The average molecular weight is 382 g/mol. The smallest absolute Gasteiger partial charge is 0.217 e. The molecule has 2 heterocycles. The summed E-state index contributed by atoms with van der Waals surface area (Å²) in [5.74, 6) is 2.35. The van der Waals surface area contributed by atoms with Crippen LogP contribution in [0.3, 0.4) is 0 Å². The molecule has 1 aliphatic heterocycles. The van der Waals surface area contributed by atoms with Gasteiger partial charge >= 0.3 is 0 Å². The fourth-order valence-electron chi connectivity index (χ4n) is 3.68. The van der Waals surface area contributed by atoms with Crippen molar-refractivity contribution in [3.8, 4) is 0 Å². The number of benzene rings is 1. The molecule has 6 heteroatoms. The molecule has 0 radical (unpaired) electrons. The molecule has 1 aliphatic rings. The van der Waals surface area contributed by atoms with E-state index in [1.54, 1.807) is 6.92 Å². The maximum absolute atomic E-state index is 11.7. The van der Waals surface area contributed by atoms with Crippen LogP contribution in [-0.4, -0.2) is 45.2 Å². The van der Waals surface area contributed by atoms with Gasteiger partial charge in [0.15, 0.2) is 5.82 Å². The number of carbonyl (C=O) groups is 1. The minimum atomic E-state index is -0.0803. The molecule has 1 N–H and O–H groups in total. The zero-order chi connectivity index (χ0) is 19.9. The van der Waals surface area contributed by atoms with Gasteiger partial charge in [0.05, 0.1) is 6.04 Å². The summed E-state index contributed by atoms with van der Waals surface area (Å²) in [4.78, 5) is 14.1. The van der Waals surface area contributed by atoms with Crippen molar-refractivity contribution in [2.45, 2.75) is 46.2 Å². The Morgan fingerprint density at radius 2 is 1.96 bits per heavy atom. The van der Waals surface area contributed by atoms with Crippen molar-refractivity contribution in [2.75, 3.05) is 19.6 Å².